The highest BCUT2D eigenvalue weighted by Gasteiger charge is 1.89. The first kappa shape index (κ1) is 14.4. The third kappa shape index (κ3) is 5.24. The maximum atomic E-state index is 5.27. The molecule has 0 aliphatic carbocycles. The molecule has 0 fully saturated rings. The number of nitrogens with two attached hydrogens (primary N) is 2. The van der Waals surface area contributed by atoms with E-state index in [1.54, 1.807) is 18.2 Å². The van der Waals surface area contributed by atoms with Crippen LogP contribution in [0.15, 0.2) is 78.9 Å². The van der Waals surface area contributed by atoms with Crippen LogP contribution in [-0.2, 0) is 0 Å². The Balaban J connectivity index is 0.000000173. The van der Waals surface area contributed by atoms with Gasteiger partial charge in [0.25, 0.3) is 0 Å². The van der Waals surface area contributed by atoms with Crippen LogP contribution in [-0.4, -0.2) is 4.98 Å². The van der Waals surface area contributed by atoms with Crippen molar-refractivity contribution < 1.29 is 0 Å². The summed E-state index contributed by atoms with van der Waals surface area (Å²) in [6.45, 7) is 0. The van der Waals surface area contributed by atoms with Gasteiger partial charge in [0.2, 0.25) is 0 Å². The van der Waals surface area contributed by atoms with E-state index in [1.807, 2.05) is 60.7 Å². The summed E-state index contributed by atoms with van der Waals surface area (Å²) in [5, 5.41) is 3.30. The Morgan fingerprint density at radius 1 is 0.571 bits per heavy atom. The van der Waals surface area contributed by atoms with Crippen molar-refractivity contribution in [1.29, 1.82) is 0 Å². The third-order valence-corrected chi connectivity index (χ3v) is 2.63. The summed E-state index contributed by atoms with van der Waals surface area (Å²) in [4.78, 5) is 3.73. The number of nitrogens with zero attached hydrogens (tertiary/aromatic N) is 1. The van der Waals surface area contributed by atoms with Gasteiger partial charge in [0.1, 0.15) is 11.6 Å². The standard InChI is InChI=1S/C12H11N.C5H7N3/c1-3-7-11(8-4-1)13-12-9-5-2-6-10-12;6-4-2-1-3-5(7)8-4/h1-10,13H;1-3H,(H4,6,7,8). The van der Waals surface area contributed by atoms with Crippen molar-refractivity contribution in [2.45, 2.75) is 0 Å². The van der Waals surface area contributed by atoms with Gasteiger partial charge in [-0.05, 0) is 36.4 Å². The minimum Gasteiger partial charge on any atom is -0.384 e. The van der Waals surface area contributed by atoms with Gasteiger partial charge in [-0.25, -0.2) is 4.98 Å². The Kier molecular flexibility index (Phi) is 5.18. The fourth-order valence-corrected chi connectivity index (χ4v) is 1.68. The number of anilines is 4. The van der Waals surface area contributed by atoms with Crippen molar-refractivity contribution in [1.82, 2.24) is 4.98 Å². The molecule has 0 saturated carbocycles. The molecule has 0 aliphatic heterocycles. The highest BCUT2D eigenvalue weighted by Crippen LogP contribution is 2.14. The Hall–Kier alpha value is -3.01. The zero-order valence-corrected chi connectivity index (χ0v) is 11.6. The van der Waals surface area contributed by atoms with Crippen molar-refractivity contribution in [3.05, 3.63) is 78.9 Å². The minimum absolute atomic E-state index is 0.463. The van der Waals surface area contributed by atoms with E-state index in [-0.39, 0.29) is 0 Å². The number of benzene rings is 2. The van der Waals surface area contributed by atoms with Gasteiger partial charge in [0.05, 0.1) is 0 Å². The predicted octanol–water partition coefficient (Wildman–Crippen LogP) is 3.68. The molecule has 5 N–H and O–H groups in total. The molecule has 3 aromatic rings. The van der Waals surface area contributed by atoms with Crippen LogP contribution in [0.4, 0.5) is 23.0 Å². The van der Waals surface area contributed by atoms with E-state index in [1.165, 1.54) is 0 Å². The summed E-state index contributed by atoms with van der Waals surface area (Å²) in [6.07, 6.45) is 0. The van der Waals surface area contributed by atoms with Gasteiger partial charge in [0.15, 0.2) is 0 Å². The Bertz CT molecular complexity index is 599. The Labute approximate surface area is 124 Å². The zero-order valence-electron chi connectivity index (χ0n) is 11.6. The number of nitrogens with one attached hydrogen (secondary N) is 1. The van der Waals surface area contributed by atoms with Crippen molar-refractivity contribution in [3.8, 4) is 0 Å². The summed E-state index contributed by atoms with van der Waals surface area (Å²) in [5.74, 6) is 0.926. The van der Waals surface area contributed by atoms with Crippen LogP contribution in [0, 0.1) is 0 Å². The molecule has 0 amide bonds. The molecule has 0 spiro atoms. The largest absolute Gasteiger partial charge is 0.384 e. The van der Waals surface area contributed by atoms with Crippen molar-refractivity contribution in [3.63, 3.8) is 0 Å². The minimum atomic E-state index is 0.463. The normalized spacial score (nSPS) is 9.33. The highest BCUT2D eigenvalue weighted by molar-refractivity contribution is 5.58. The lowest BCUT2D eigenvalue weighted by Crippen LogP contribution is -1.93. The number of hydrogen-bond donors (Lipinski definition) is 3. The molecular weight excluding hydrogens is 260 g/mol. The zero-order chi connectivity index (χ0) is 14.9. The molecular formula is C17H18N4. The quantitative estimate of drug-likeness (QED) is 0.668. The van der Waals surface area contributed by atoms with E-state index in [4.69, 9.17) is 11.5 Å². The first-order valence-corrected chi connectivity index (χ1v) is 6.59. The maximum absolute atomic E-state index is 5.27. The van der Waals surface area contributed by atoms with Crippen molar-refractivity contribution in [2.24, 2.45) is 0 Å². The average molecular weight is 278 g/mol. The average Bonchev–Trinajstić information content (AvgIpc) is 2.50. The molecule has 106 valence electrons. The molecule has 4 nitrogen and oxygen atoms in total. The summed E-state index contributed by atoms with van der Waals surface area (Å²) >= 11 is 0. The second kappa shape index (κ2) is 7.55. The number of para-hydroxylation sites is 2. The van der Waals surface area contributed by atoms with E-state index in [9.17, 15) is 0 Å². The van der Waals surface area contributed by atoms with E-state index < -0.39 is 0 Å². The van der Waals surface area contributed by atoms with E-state index in [0.29, 0.717) is 11.6 Å². The molecule has 0 bridgehead atoms. The lowest BCUT2D eigenvalue weighted by Gasteiger charge is -2.04. The van der Waals surface area contributed by atoms with E-state index in [2.05, 4.69) is 10.3 Å². The SMILES string of the molecule is Nc1cccc(N)n1.c1ccc(Nc2ccccc2)cc1. The second-order valence-corrected chi connectivity index (χ2v) is 4.34. The van der Waals surface area contributed by atoms with Gasteiger partial charge in [-0.1, -0.05) is 42.5 Å². The Morgan fingerprint density at radius 3 is 1.33 bits per heavy atom. The van der Waals surface area contributed by atoms with Crippen molar-refractivity contribution in [2.75, 3.05) is 16.8 Å². The van der Waals surface area contributed by atoms with Crippen LogP contribution < -0.4 is 16.8 Å². The van der Waals surface area contributed by atoms with Gasteiger partial charge in [-0.2, -0.15) is 0 Å². The number of nitrogen functional groups attached to an aromatic ring is 2. The number of aromatic nitrogens is 1. The molecule has 1 aromatic heterocycles. The highest BCUT2D eigenvalue weighted by atomic mass is 14.9. The molecule has 0 aliphatic rings. The van der Waals surface area contributed by atoms with Crippen LogP contribution in [0.2, 0.25) is 0 Å². The molecule has 0 radical (unpaired) electrons. The molecule has 21 heavy (non-hydrogen) atoms. The molecule has 3 rings (SSSR count). The maximum Gasteiger partial charge on any atom is 0.125 e. The van der Waals surface area contributed by atoms with Gasteiger partial charge >= 0.3 is 0 Å². The number of hydrogen-bond acceptors (Lipinski definition) is 4. The first-order chi connectivity index (χ1) is 10.2. The molecule has 0 unspecified atom stereocenters. The predicted molar refractivity (Wildman–Crippen MR) is 89.2 cm³/mol. The Morgan fingerprint density at radius 2 is 1.00 bits per heavy atom. The fourth-order valence-electron chi connectivity index (χ4n) is 1.68. The molecule has 2 aromatic carbocycles. The van der Waals surface area contributed by atoms with Crippen LogP contribution in [0.3, 0.4) is 0 Å². The molecule has 0 saturated heterocycles. The van der Waals surface area contributed by atoms with Crippen LogP contribution in [0.5, 0.6) is 0 Å². The molecule has 0 atom stereocenters. The van der Waals surface area contributed by atoms with Gasteiger partial charge in [-0.15, -0.1) is 0 Å². The summed E-state index contributed by atoms with van der Waals surface area (Å²) in [6, 6.07) is 25.4. The van der Waals surface area contributed by atoms with E-state index in [0.717, 1.165) is 11.4 Å². The second-order valence-electron chi connectivity index (χ2n) is 4.34. The topological polar surface area (TPSA) is 77.0 Å². The van der Waals surface area contributed by atoms with Crippen molar-refractivity contribution >= 4 is 23.0 Å². The smallest absolute Gasteiger partial charge is 0.125 e. The third-order valence-electron chi connectivity index (χ3n) is 2.63. The first-order valence-electron chi connectivity index (χ1n) is 6.59. The van der Waals surface area contributed by atoms with Crippen LogP contribution in [0.1, 0.15) is 0 Å². The fraction of sp³-hybridized carbons (Fsp3) is 0. The lowest BCUT2D eigenvalue weighted by molar-refractivity contribution is 1.34. The van der Waals surface area contributed by atoms with E-state index >= 15 is 0 Å². The van der Waals surface area contributed by atoms with Gasteiger partial charge < -0.3 is 16.8 Å². The molecule has 1 heterocycles. The summed E-state index contributed by atoms with van der Waals surface area (Å²) in [5.41, 5.74) is 12.8. The number of pyridine rings is 1. The van der Waals surface area contributed by atoms with Crippen LogP contribution >= 0.6 is 0 Å². The summed E-state index contributed by atoms with van der Waals surface area (Å²) < 4.78 is 0. The monoisotopic (exact) mass is 278 g/mol. The lowest BCUT2D eigenvalue weighted by atomic mass is 10.3. The molecule has 4 heteroatoms. The summed E-state index contributed by atoms with van der Waals surface area (Å²) in [7, 11) is 0. The van der Waals surface area contributed by atoms with Gasteiger partial charge in [-0.3, -0.25) is 0 Å². The van der Waals surface area contributed by atoms with Gasteiger partial charge in [0, 0.05) is 11.4 Å². The van der Waals surface area contributed by atoms with Crippen LogP contribution in [0.25, 0.3) is 0 Å². The number of rotatable bonds is 2.